The molecule has 0 saturated heterocycles. The molecule has 1 aromatic heterocycles. The summed E-state index contributed by atoms with van der Waals surface area (Å²) in [5.41, 5.74) is 12.9. The number of nitrogens with zero attached hydrogens (tertiary/aromatic N) is 2. The van der Waals surface area contributed by atoms with Crippen LogP contribution in [-0.4, -0.2) is 21.9 Å². The molecule has 1 unspecified atom stereocenters. The number of aromatic nitrogens is 2. The van der Waals surface area contributed by atoms with Gasteiger partial charge in [0, 0.05) is 25.4 Å². The molecule has 0 bridgehead atoms. The zero-order valence-electron chi connectivity index (χ0n) is 10.8. The van der Waals surface area contributed by atoms with Gasteiger partial charge in [0.05, 0.1) is 0 Å². The Morgan fingerprint density at radius 2 is 2.21 bits per heavy atom. The smallest absolute Gasteiger partial charge is 0.146 e. The Labute approximate surface area is 115 Å². The van der Waals surface area contributed by atoms with E-state index in [0.29, 0.717) is 24.9 Å². The molecular formula is C13H17FN4S. The minimum absolute atomic E-state index is 0.0751. The van der Waals surface area contributed by atoms with Crippen LogP contribution in [0.25, 0.3) is 0 Å². The fourth-order valence-corrected chi connectivity index (χ4v) is 2.50. The Kier molecular flexibility index (Phi) is 4.57. The first kappa shape index (κ1) is 14.0. The molecule has 1 aromatic carbocycles. The Hall–Kier alpha value is -1.37. The topological polar surface area (TPSA) is 77.8 Å². The average Bonchev–Trinajstić information content (AvgIpc) is 2.81. The van der Waals surface area contributed by atoms with Crippen molar-refractivity contribution >= 4 is 11.5 Å². The van der Waals surface area contributed by atoms with E-state index in [1.807, 2.05) is 6.07 Å². The summed E-state index contributed by atoms with van der Waals surface area (Å²) in [6, 6.07) is 4.98. The van der Waals surface area contributed by atoms with Crippen molar-refractivity contribution in [3.05, 3.63) is 46.0 Å². The molecule has 1 atom stereocenters. The van der Waals surface area contributed by atoms with E-state index in [1.165, 1.54) is 17.6 Å². The van der Waals surface area contributed by atoms with Crippen molar-refractivity contribution in [1.82, 2.24) is 9.36 Å². The van der Waals surface area contributed by atoms with Crippen molar-refractivity contribution in [3.63, 3.8) is 0 Å². The van der Waals surface area contributed by atoms with Gasteiger partial charge in [-0.2, -0.15) is 4.37 Å². The van der Waals surface area contributed by atoms with E-state index < -0.39 is 0 Å². The molecule has 102 valence electrons. The molecular weight excluding hydrogens is 263 g/mol. The third kappa shape index (κ3) is 3.79. The quantitative estimate of drug-likeness (QED) is 0.868. The van der Waals surface area contributed by atoms with E-state index in [-0.39, 0.29) is 11.9 Å². The van der Waals surface area contributed by atoms with E-state index in [1.54, 1.807) is 13.0 Å². The normalized spacial score (nSPS) is 12.6. The molecule has 4 nitrogen and oxygen atoms in total. The predicted molar refractivity (Wildman–Crippen MR) is 74.6 cm³/mol. The summed E-state index contributed by atoms with van der Waals surface area (Å²) >= 11 is 1.35. The molecule has 2 aromatic rings. The van der Waals surface area contributed by atoms with Gasteiger partial charge >= 0.3 is 0 Å². The first-order chi connectivity index (χ1) is 9.08. The van der Waals surface area contributed by atoms with Crippen LogP contribution in [0, 0.1) is 12.7 Å². The van der Waals surface area contributed by atoms with E-state index in [0.717, 1.165) is 16.4 Å². The largest absolute Gasteiger partial charge is 0.329 e. The molecule has 19 heavy (non-hydrogen) atoms. The van der Waals surface area contributed by atoms with Gasteiger partial charge in [-0.3, -0.25) is 0 Å². The maximum atomic E-state index is 13.2. The molecule has 0 saturated carbocycles. The van der Waals surface area contributed by atoms with Gasteiger partial charge in [-0.1, -0.05) is 12.1 Å². The van der Waals surface area contributed by atoms with Gasteiger partial charge in [-0.25, -0.2) is 9.37 Å². The van der Waals surface area contributed by atoms with Crippen LogP contribution in [0.4, 0.5) is 4.39 Å². The summed E-state index contributed by atoms with van der Waals surface area (Å²) in [6.07, 6.45) is 1.26. The average molecular weight is 280 g/mol. The fraction of sp³-hybridized carbons (Fsp3) is 0.385. The number of hydrogen-bond acceptors (Lipinski definition) is 5. The summed E-state index contributed by atoms with van der Waals surface area (Å²) in [6.45, 7) is 2.19. The Morgan fingerprint density at radius 1 is 1.42 bits per heavy atom. The number of rotatable bonds is 5. The van der Waals surface area contributed by atoms with E-state index in [9.17, 15) is 4.39 Å². The van der Waals surface area contributed by atoms with Crippen LogP contribution in [0.5, 0.6) is 0 Å². The van der Waals surface area contributed by atoms with Crippen LogP contribution in [0.15, 0.2) is 18.2 Å². The molecule has 0 aliphatic heterocycles. The second-order valence-electron chi connectivity index (χ2n) is 4.56. The molecule has 2 rings (SSSR count). The van der Waals surface area contributed by atoms with E-state index >= 15 is 0 Å². The minimum Gasteiger partial charge on any atom is -0.329 e. The third-order valence-corrected chi connectivity index (χ3v) is 3.61. The number of benzene rings is 1. The molecule has 1 heterocycles. The second-order valence-corrected chi connectivity index (χ2v) is 5.40. The van der Waals surface area contributed by atoms with Gasteiger partial charge < -0.3 is 11.5 Å². The van der Waals surface area contributed by atoms with Crippen LogP contribution in [0.2, 0.25) is 0 Å². The van der Waals surface area contributed by atoms with Crippen molar-refractivity contribution < 1.29 is 4.39 Å². The first-order valence-corrected chi connectivity index (χ1v) is 6.88. The first-order valence-electron chi connectivity index (χ1n) is 6.10. The number of aryl methyl sites for hydroxylation is 1. The van der Waals surface area contributed by atoms with Gasteiger partial charge in [-0.05, 0) is 35.6 Å². The Bertz CT molecular complexity index is 555. The second kappa shape index (κ2) is 6.18. The highest BCUT2D eigenvalue weighted by Crippen LogP contribution is 2.14. The number of nitrogens with two attached hydrogens (primary N) is 2. The van der Waals surface area contributed by atoms with Crippen LogP contribution >= 0.6 is 11.5 Å². The van der Waals surface area contributed by atoms with Gasteiger partial charge in [0.2, 0.25) is 0 Å². The molecule has 0 aliphatic carbocycles. The fourth-order valence-electron chi connectivity index (χ4n) is 1.75. The lowest BCUT2D eigenvalue weighted by Gasteiger charge is -2.03. The van der Waals surface area contributed by atoms with Gasteiger partial charge in [-0.15, -0.1) is 0 Å². The summed E-state index contributed by atoms with van der Waals surface area (Å²) < 4.78 is 17.5. The monoisotopic (exact) mass is 280 g/mol. The van der Waals surface area contributed by atoms with E-state index in [2.05, 4.69) is 9.36 Å². The predicted octanol–water partition coefficient (Wildman–Crippen LogP) is 1.40. The summed E-state index contributed by atoms with van der Waals surface area (Å²) in [5, 5.41) is 0.895. The molecule has 6 heteroatoms. The maximum Gasteiger partial charge on any atom is 0.146 e. The number of hydrogen-bond donors (Lipinski definition) is 2. The highest BCUT2D eigenvalue weighted by molar-refractivity contribution is 7.05. The minimum atomic E-state index is -0.190. The lowest BCUT2D eigenvalue weighted by molar-refractivity contribution is 0.617. The maximum absolute atomic E-state index is 13.2. The van der Waals surface area contributed by atoms with Crippen molar-refractivity contribution in [2.75, 3.05) is 6.54 Å². The van der Waals surface area contributed by atoms with Gasteiger partial charge in [0.15, 0.2) is 0 Å². The van der Waals surface area contributed by atoms with Crippen molar-refractivity contribution in [1.29, 1.82) is 0 Å². The number of halogens is 1. The van der Waals surface area contributed by atoms with Crippen LogP contribution in [-0.2, 0) is 12.8 Å². The van der Waals surface area contributed by atoms with Gasteiger partial charge in [0.1, 0.15) is 16.6 Å². The molecule has 4 N–H and O–H groups in total. The zero-order valence-corrected chi connectivity index (χ0v) is 11.6. The molecule has 0 fully saturated rings. The Balaban J connectivity index is 2.05. The molecule has 0 aliphatic rings. The van der Waals surface area contributed by atoms with Gasteiger partial charge in [0.25, 0.3) is 0 Å². The van der Waals surface area contributed by atoms with Crippen LogP contribution < -0.4 is 11.5 Å². The van der Waals surface area contributed by atoms with Crippen LogP contribution in [0.1, 0.15) is 22.0 Å². The van der Waals surface area contributed by atoms with Crippen molar-refractivity contribution in [2.24, 2.45) is 11.5 Å². The van der Waals surface area contributed by atoms with Crippen LogP contribution in [0.3, 0.4) is 0 Å². The third-order valence-electron chi connectivity index (χ3n) is 2.83. The standard InChI is InChI=1S/C13H17FN4S/c1-8-4-9(2-3-11(8)14)5-12-17-13(19-18-12)6-10(16)7-15/h2-4,10H,5-7,15-16H2,1H3. The Morgan fingerprint density at radius 3 is 2.89 bits per heavy atom. The molecule has 0 spiro atoms. The summed E-state index contributed by atoms with van der Waals surface area (Å²) in [7, 11) is 0. The lowest BCUT2D eigenvalue weighted by atomic mass is 10.1. The zero-order chi connectivity index (χ0) is 13.8. The summed E-state index contributed by atoms with van der Waals surface area (Å²) in [4.78, 5) is 4.42. The highest BCUT2D eigenvalue weighted by atomic mass is 32.1. The molecule has 0 radical (unpaired) electrons. The lowest BCUT2D eigenvalue weighted by Crippen LogP contribution is -2.31. The van der Waals surface area contributed by atoms with E-state index in [4.69, 9.17) is 11.5 Å². The van der Waals surface area contributed by atoms with Crippen molar-refractivity contribution in [3.8, 4) is 0 Å². The SMILES string of the molecule is Cc1cc(Cc2nsc(CC(N)CN)n2)ccc1F. The molecule has 0 amide bonds. The highest BCUT2D eigenvalue weighted by Gasteiger charge is 2.09. The summed E-state index contributed by atoms with van der Waals surface area (Å²) in [5.74, 6) is 0.555. The van der Waals surface area contributed by atoms with Crippen molar-refractivity contribution in [2.45, 2.75) is 25.8 Å².